The highest BCUT2D eigenvalue weighted by Gasteiger charge is 2.14. The van der Waals surface area contributed by atoms with E-state index < -0.39 is 0 Å². The third-order valence-electron chi connectivity index (χ3n) is 2.42. The quantitative estimate of drug-likeness (QED) is 0.864. The van der Waals surface area contributed by atoms with E-state index in [1.165, 1.54) is 18.3 Å². The molecule has 2 amide bonds. The summed E-state index contributed by atoms with van der Waals surface area (Å²) in [4.78, 5) is 26.9. The Morgan fingerprint density at radius 2 is 2.30 bits per heavy atom. The number of hydrogen-bond donors (Lipinski definition) is 2. The molecule has 0 bridgehead atoms. The van der Waals surface area contributed by atoms with Crippen LogP contribution in [0.4, 0.5) is 5.13 Å². The lowest BCUT2D eigenvalue weighted by Gasteiger charge is -2.12. The number of carbonyl (C=O) groups excluding carboxylic acids is 2. The van der Waals surface area contributed by atoms with E-state index in [2.05, 4.69) is 20.7 Å². The van der Waals surface area contributed by atoms with Gasteiger partial charge in [0, 0.05) is 30.7 Å². The van der Waals surface area contributed by atoms with Crippen LogP contribution >= 0.6 is 11.3 Å². The molecule has 0 aliphatic rings. The molecule has 20 heavy (non-hydrogen) atoms. The van der Waals surface area contributed by atoms with Gasteiger partial charge in [-0.1, -0.05) is 0 Å². The molecule has 2 rings (SSSR count). The first kappa shape index (κ1) is 14.2. The third-order valence-corrected chi connectivity index (χ3v) is 3.18. The fraction of sp³-hybridized carbons (Fsp3) is 0.333. The summed E-state index contributed by atoms with van der Waals surface area (Å²) in [5.74, 6) is -0.476. The molecule has 106 valence electrons. The first-order valence-corrected chi connectivity index (χ1v) is 6.94. The second-order valence-corrected chi connectivity index (χ2v) is 5.18. The summed E-state index contributed by atoms with van der Waals surface area (Å²) in [5.41, 5.74) is 0.297. The average Bonchev–Trinajstić information content (AvgIpc) is 2.99. The van der Waals surface area contributed by atoms with Gasteiger partial charge in [-0.05, 0) is 13.0 Å². The minimum Gasteiger partial charge on any atom is -0.346 e. The van der Waals surface area contributed by atoms with Crippen LogP contribution in [-0.4, -0.2) is 32.6 Å². The number of amides is 2. The van der Waals surface area contributed by atoms with Gasteiger partial charge in [0.15, 0.2) is 5.13 Å². The molecule has 2 N–H and O–H groups in total. The van der Waals surface area contributed by atoms with Crippen molar-refractivity contribution in [1.29, 1.82) is 0 Å². The summed E-state index contributed by atoms with van der Waals surface area (Å²) in [6.45, 7) is 3.87. The summed E-state index contributed by atoms with van der Waals surface area (Å²) in [6, 6.07) is 1.75. The number of carbonyl (C=O) groups is 2. The highest BCUT2D eigenvalue weighted by Crippen LogP contribution is 2.15. The molecule has 2 aromatic rings. The van der Waals surface area contributed by atoms with Gasteiger partial charge in [-0.3, -0.25) is 14.3 Å². The predicted octanol–water partition coefficient (Wildman–Crippen LogP) is 1.12. The van der Waals surface area contributed by atoms with Crippen molar-refractivity contribution in [2.24, 2.45) is 0 Å². The molecule has 8 heteroatoms. The fourth-order valence-electron chi connectivity index (χ4n) is 1.62. The molecule has 0 spiro atoms. The molecule has 0 saturated heterocycles. The molecule has 0 aromatic carbocycles. The smallest absolute Gasteiger partial charge is 0.271 e. The predicted molar refractivity (Wildman–Crippen MR) is 75.6 cm³/mol. The molecular formula is C12H15N5O2S. The van der Waals surface area contributed by atoms with Crippen LogP contribution in [0.25, 0.3) is 0 Å². The Hall–Kier alpha value is -2.22. The maximum Gasteiger partial charge on any atom is 0.271 e. The number of thiazole rings is 1. The summed E-state index contributed by atoms with van der Waals surface area (Å²) in [6.07, 6.45) is 3.52. The van der Waals surface area contributed by atoms with Crippen LogP contribution in [-0.2, 0) is 11.3 Å². The zero-order valence-corrected chi connectivity index (χ0v) is 12.0. The Morgan fingerprint density at radius 3 is 2.95 bits per heavy atom. The van der Waals surface area contributed by atoms with Crippen molar-refractivity contribution in [3.63, 3.8) is 0 Å². The van der Waals surface area contributed by atoms with Crippen LogP contribution in [0.2, 0.25) is 0 Å². The zero-order chi connectivity index (χ0) is 14.5. The van der Waals surface area contributed by atoms with Gasteiger partial charge in [-0.2, -0.15) is 5.10 Å². The lowest BCUT2D eigenvalue weighted by Crippen LogP contribution is -2.36. The van der Waals surface area contributed by atoms with Crippen molar-refractivity contribution in [2.75, 3.05) is 5.32 Å². The minimum atomic E-state index is -0.266. The van der Waals surface area contributed by atoms with Crippen molar-refractivity contribution in [1.82, 2.24) is 20.1 Å². The van der Waals surface area contributed by atoms with Crippen LogP contribution in [0, 0.1) is 0 Å². The lowest BCUT2D eigenvalue weighted by atomic mass is 10.3. The van der Waals surface area contributed by atoms with Gasteiger partial charge in [0.2, 0.25) is 5.91 Å². The SMILES string of the molecule is CC(=O)Nc1nc(C(=O)N[C@H](C)Cn2cccn2)cs1. The van der Waals surface area contributed by atoms with Gasteiger partial charge in [0.25, 0.3) is 5.91 Å². The normalized spacial score (nSPS) is 11.9. The number of hydrogen-bond acceptors (Lipinski definition) is 5. The molecule has 0 unspecified atom stereocenters. The minimum absolute atomic E-state index is 0.0756. The van der Waals surface area contributed by atoms with E-state index in [0.29, 0.717) is 17.4 Å². The second-order valence-electron chi connectivity index (χ2n) is 4.32. The monoisotopic (exact) mass is 293 g/mol. The maximum absolute atomic E-state index is 12.0. The van der Waals surface area contributed by atoms with Gasteiger partial charge < -0.3 is 10.6 Å². The standard InChI is InChI=1S/C12H15N5O2S/c1-8(6-17-5-3-4-13-17)14-11(19)10-7-20-12(16-10)15-9(2)18/h3-5,7-8H,6H2,1-2H3,(H,14,19)(H,15,16,18)/t8-/m1/s1. The van der Waals surface area contributed by atoms with E-state index in [0.717, 1.165) is 0 Å². The van der Waals surface area contributed by atoms with E-state index in [4.69, 9.17) is 0 Å². The molecule has 1 atom stereocenters. The molecule has 0 aliphatic carbocycles. The van der Waals surface area contributed by atoms with Gasteiger partial charge >= 0.3 is 0 Å². The molecule has 0 fully saturated rings. The topological polar surface area (TPSA) is 88.9 Å². The molecule has 7 nitrogen and oxygen atoms in total. The van der Waals surface area contributed by atoms with E-state index >= 15 is 0 Å². The fourth-order valence-corrected chi connectivity index (χ4v) is 2.36. The molecule has 2 heterocycles. The molecular weight excluding hydrogens is 278 g/mol. The Balaban J connectivity index is 1.90. The zero-order valence-electron chi connectivity index (χ0n) is 11.2. The second kappa shape index (κ2) is 6.29. The van der Waals surface area contributed by atoms with Gasteiger partial charge in [-0.15, -0.1) is 11.3 Å². The molecule has 0 aliphatic heterocycles. The van der Waals surface area contributed by atoms with Crippen molar-refractivity contribution in [3.8, 4) is 0 Å². The van der Waals surface area contributed by atoms with Gasteiger partial charge in [0.1, 0.15) is 5.69 Å². The third kappa shape index (κ3) is 3.89. The number of rotatable bonds is 5. The summed E-state index contributed by atoms with van der Waals surface area (Å²) >= 11 is 1.22. The number of anilines is 1. The van der Waals surface area contributed by atoms with E-state index in [1.54, 1.807) is 16.3 Å². The maximum atomic E-state index is 12.0. The lowest BCUT2D eigenvalue weighted by molar-refractivity contribution is -0.114. The van der Waals surface area contributed by atoms with Crippen molar-refractivity contribution in [2.45, 2.75) is 26.4 Å². The Labute approximate surface area is 120 Å². The van der Waals surface area contributed by atoms with Crippen LogP contribution in [0.15, 0.2) is 23.8 Å². The van der Waals surface area contributed by atoms with Crippen LogP contribution in [0.3, 0.4) is 0 Å². The van der Waals surface area contributed by atoms with Crippen LogP contribution in [0.5, 0.6) is 0 Å². The highest BCUT2D eigenvalue weighted by atomic mass is 32.1. The number of nitrogens with one attached hydrogen (secondary N) is 2. The van der Waals surface area contributed by atoms with Gasteiger partial charge in [-0.25, -0.2) is 4.98 Å². The summed E-state index contributed by atoms with van der Waals surface area (Å²) in [7, 11) is 0. The first-order chi connectivity index (χ1) is 9.54. The highest BCUT2D eigenvalue weighted by molar-refractivity contribution is 7.14. The van der Waals surface area contributed by atoms with Crippen molar-refractivity contribution in [3.05, 3.63) is 29.5 Å². The van der Waals surface area contributed by atoms with E-state index in [9.17, 15) is 9.59 Å². The van der Waals surface area contributed by atoms with Gasteiger partial charge in [0.05, 0.1) is 6.54 Å². The number of nitrogens with zero attached hydrogens (tertiary/aromatic N) is 3. The van der Waals surface area contributed by atoms with Crippen molar-refractivity contribution < 1.29 is 9.59 Å². The van der Waals surface area contributed by atoms with Crippen molar-refractivity contribution >= 4 is 28.3 Å². The summed E-state index contributed by atoms with van der Waals surface area (Å²) < 4.78 is 1.74. The van der Waals surface area contributed by atoms with Crippen LogP contribution in [0.1, 0.15) is 24.3 Å². The first-order valence-electron chi connectivity index (χ1n) is 6.06. The van der Waals surface area contributed by atoms with E-state index in [-0.39, 0.29) is 17.9 Å². The Bertz CT molecular complexity index is 593. The molecule has 2 aromatic heterocycles. The Morgan fingerprint density at radius 1 is 1.50 bits per heavy atom. The molecule has 0 radical (unpaired) electrons. The average molecular weight is 293 g/mol. The Kier molecular flexibility index (Phi) is 4.46. The molecule has 0 saturated carbocycles. The number of aromatic nitrogens is 3. The van der Waals surface area contributed by atoms with E-state index in [1.807, 2.05) is 19.2 Å². The summed E-state index contributed by atoms with van der Waals surface area (Å²) in [5, 5.41) is 11.5. The van der Waals surface area contributed by atoms with Crippen LogP contribution < -0.4 is 10.6 Å². The largest absolute Gasteiger partial charge is 0.346 e.